The summed E-state index contributed by atoms with van der Waals surface area (Å²) in [4.78, 5) is 65.5. The number of carbonyl (C=O) groups is 5. The smallest absolute Gasteiger partial charge is 0.303 e. The lowest BCUT2D eigenvalue weighted by Gasteiger charge is -2.25. The highest BCUT2D eigenvalue weighted by Gasteiger charge is 2.33. The van der Waals surface area contributed by atoms with Crippen molar-refractivity contribution in [1.29, 1.82) is 0 Å². The molecule has 4 N–H and O–H groups in total. The zero-order chi connectivity index (χ0) is 27.1. The Morgan fingerprint density at radius 2 is 1.89 bits per heavy atom. The monoisotopic (exact) mass is 514 g/mol. The van der Waals surface area contributed by atoms with E-state index < -0.39 is 48.2 Å². The Hall–Kier alpha value is -3.89. The third kappa shape index (κ3) is 7.31. The van der Waals surface area contributed by atoms with Crippen LogP contribution in [0.3, 0.4) is 0 Å². The van der Waals surface area contributed by atoms with E-state index >= 15 is 0 Å². The predicted molar refractivity (Wildman–Crippen MR) is 135 cm³/mol. The van der Waals surface area contributed by atoms with Gasteiger partial charge >= 0.3 is 5.97 Å². The minimum absolute atomic E-state index is 0.0506. The third-order valence-electron chi connectivity index (χ3n) is 6.22. The van der Waals surface area contributed by atoms with Crippen LogP contribution in [0.15, 0.2) is 24.3 Å². The topological polar surface area (TPSA) is 156 Å². The normalized spacial score (nSPS) is 16.7. The molecular formula is C26H34N4O7. The molecule has 1 aliphatic rings. The van der Waals surface area contributed by atoms with E-state index in [1.807, 2.05) is 19.9 Å². The summed E-state index contributed by atoms with van der Waals surface area (Å²) in [6.07, 6.45) is 0.916. The van der Waals surface area contributed by atoms with Crippen LogP contribution < -0.4 is 20.7 Å². The molecule has 0 spiro atoms. The lowest BCUT2D eigenvalue weighted by molar-refractivity contribution is -0.146. The maximum atomic E-state index is 13.3. The van der Waals surface area contributed by atoms with Crippen molar-refractivity contribution >= 4 is 40.4 Å². The van der Waals surface area contributed by atoms with Gasteiger partial charge in [-0.05, 0) is 43.4 Å². The second-order valence-electron chi connectivity index (χ2n) is 9.58. The number of amides is 3. The minimum atomic E-state index is -1.05. The van der Waals surface area contributed by atoms with Gasteiger partial charge in [-0.2, -0.15) is 0 Å². The van der Waals surface area contributed by atoms with E-state index in [0.29, 0.717) is 30.7 Å². The maximum absolute atomic E-state index is 13.3. The summed E-state index contributed by atoms with van der Waals surface area (Å²) in [6, 6.07) is 5.05. The Kier molecular flexibility index (Phi) is 9.26. The Morgan fingerprint density at radius 1 is 1.14 bits per heavy atom. The molecule has 1 aliphatic heterocycles. The molecule has 3 rings (SSSR count). The number of hydrogen-bond acceptors (Lipinski definition) is 7. The van der Waals surface area contributed by atoms with E-state index in [9.17, 15) is 24.0 Å². The van der Waals surface area contributed by atoms with Crippen molar-refractivity contribution in [2.45, 2.75) is 52.1 Å². The van der Waals surface area contributed by atoms with Crippen LogP contribution in [0.5, 0.6) is 5.75 Å². The highest BCUT2D eigenvalue weighted by atomic mass is 16.5. The zero-order valence-corrected chi connectivity index (χ0v) is 21.5. The predicted octanol–water partition coefficient (Wildman–Crippen LogP) is 1.46. The van der Waals surface area contributed by atoms with E-state index in [4.69, 9.17) is 9.47 Å². The first-order chi connectivity index (χ1) is 17.6. The molecule has 3 amide bonds. The van der Waals surface area contributed by atoms with Crippen LogP contribution >= 0.6 is 0 Å². The van der Waals surface area contributed by atoms with Gasteiger partial charge in [-0.1, -0.05) is 19.9 Å². The van der Waals surface area contributed by atoms with Gasteiger partial charge < -0.3 is 30.4 Å². The Morgan fingerprint density at radius 3 is 2.51 bits per heavy atom. The van der Waals surface area contributed by atoms with Crippen molar-refractivity contribution in [3.05, 3.63) is 30.0 Å². The minimum Gasteiger partial charge on any atom is -0.496 e. The Balaban J connectivity index is 1.77. The van der Waals surface area contributed by atoms with Crippen molar-refractivity contribution in [1.82, 2.24) is 20.9 Å². The van der Waals surface area contributed by atoms with Gasteiger partial charge in [0.1, 0.15) is 17.5 Å². The molecule has 11 heteroatoms. The second kappa shape index (κ2) is 12.4. The van der Waals surface area contributed by atoms with Gasteiger partial charge in [-0.15, -0.1) is 0 Å². The molecule has 0 radical (unpaired) electrons. The molecule has 0 saturated carbocycles. The number of ether oxygens (including phenoxy) is 2. The van der Waals surface area contributed by atoms with Crippen molar-refractivity contribution in [3.8, 4) is 5.75 Å². The lowest BCUT2D eigenvalue weighted by atomic mass is 9.95. The number of aromatic nitrogens is 1. The molecule has 37 heavy (non-hydrogen) atoms. The average molecular weight is 515 g/mol. The fraction of sp³-hybridized carbons (Fsp3) is 0.500. The first-order valence-electron chi connectivity index (χ1n) is 12.3. The Bertz CT molecular complexity index is 1170. The second-order valence-corrected chi connectivity index (χ2v) is 9.58. The van der Waals surface area contributed by atoms with Crippen LogP contribution in [0.1, 0.15) is 50.5 Å². The number of carbonyl (C=O) groups excluding carboxylic acids is 5. The van der Waals surface area contributed by atoms with Gasteiger partial charge in [0.15, 0.2) is 12.4 Å². The van der Waals surface area contributed by atoms with Crippen LogP contribution in [0.25, 0.3) is 10.9 Å². The summed E-state index contributed by atoms with van der Waals surface area (Å²) < 4.78 is 10.2. The molecule has 1 fully saturated rings. The molecular weight excluding hydrogens is 480 g/mol. The summed E-state index contributed by atoms with van der Waals surface area (Å²) in [6.45, 7) is 4.97. The van der Waals surface area contributed by atoms with Crippen molar-refractivity contribution in [2.24, 2.45) is 11.8 Å². The number of aromatic amines is 1. The number of Topliss-reactive ketones (excluding diaryl/α,β-unsaturated/α-hetero) is 1. The number of methoxy groups -OCH3 is 1. The summed E-state index contributed by atoms with van der Waals surface area (Å²) >= 11 is 0. The number of ketones is 1. The van der Waals surface area contributed by atoms with E-state index in [1.165, 1.54) is 6.92 Å². The van der Waals surface area contributed by atoms with Crippen LogP contribution in [0.2, 0.25) is 0 Å². The molecule has 1 saturated heterocycles. The summed E-state index contributed by atoms with van der Waals surface area (Å²) in [5.74, 6) is -2.19. The van der Waals surface area contributed by atoms with Crippen molar-refractivity contribution in [2.75, 3.05) is 20.3 Å². The van der Waals surface area contributed by atoms with Crippen molar-refractivity contribution < 1.29 is 33.4 Å². The molecule has 11 nitrogen and oxygen atoms in total. The standard InChI is InChI=1S/C26H34N4O7/c1-14(2)10-20(30-26(35)21-12-17-18(28-21)6-5-7-23(17)36-4)25(34)29-19(22(32)13-37-15(3)31)11-16-8-9-27-24(16)33/h5-7,12,14,16,19-20,28H,8-11,13H2,1-4H3,(H,27,33)(H,29,34)(H,30,35). The van der Waals surface area contributed by atoms with Gasteiger partial charge in [0.05, 0.1) is 13.2 Å². The SMILES string of the molecule is COc1cccc2[nH]c(C(=O)NC(CC(C)C)C(=O)NC(CC3CCNC3=O)C(=O)COC(C)=O)cc12. The largest absolute Gasteiger partial charge is 0.496 e. The van der Waals surface area contributed by atoms with E-state index in [2.05, 4.69) is 20.9 Å². The first-order valence-corrected chi connectivity index (χ1v) is 12.3. The first kappa shape index (κ1) is 27.7. The quantitative estimate of drug-likeness (QED) is 0.313. The molecule has 1 aromatic heterocycles. The van der Waals surface area contributed by atoms with E-state index in [-0.39, 0.29) is 23.9 Å². The summed E-state index contributed by atoms with van der Waals surface area (Å²) in [7, 11) is 1.54. The average Bonchev–Trinajstić information content (AvgIpc) is 3.47. The number of hydrogen-bond donors (Lipinski definition) is 4. The van der Waals surface area contributed by atoms with Crippen LogP contribution in [-0.4, -0.2) is 66.8 Å². The van der Waals surface area contributed by atoms with Gasteiger partial charge in [-0.3, -0.25) is 24.0 Å². The van der Waals surface area contributed by atoms with Crippen LogP contribution in [-0.2, 0) is 23.9 Å². The van der Waals surface area contributed by atoms with Gasteiger partial charge in [0, 0.05) is 30.3 Å². The number of rotatable bonds is 12. The van der Waals surface area contributed by atoms with Gasteiger partial charge in [-0.25, -0.2) is 0 Å². The molecule has 200 valence electrons. The zero-order valence-electron chi connectivity index (χ0n) is 21.5. The molecule has 3 atom stereocenters. The number of esters is 1. The summed E-state index contributed by atoms with van der Waals surface area (Å²) in [5, 5.41) is 8.89. The molecule has 3 unspecified atom stereocenters. The van der Waals surface area contributed by atoms with E-state index in [0.717, 1.165) is 5.39 Å². The fourth-order valence-corrected chi connectivity index (χ4v) is 4.34. The molecule has 0 aliphatic carbocycles. The number of nitrogens with one attached hydrogen (secondary N) is 4. The number of fused-ring (bicyclic) bond motifs is 1. The highest BCUT2D eigenvalue weighted by molar-refractivity contribution is 6.02. The van der Waals surface area contributed by atoms with Crippen molar-refractivity contribution in [3.63, 3.8) is 0 Å². The lowest BCUT2D eigenvalue weighted by Crippen LogP contribution is -2.53. The molecule has 0 bridgehead atoms. The van der Waals surface area contributed by atoms with Crippen LogP contribution in [0.4, 0.5) is 0 Å². The van der Waals surface area contributed by atoms with E-state index in [1.54, 1.807) is 25.3 Å². The Labute approximate surface area is 215 Å². The highest BCUT2D eigenvalue weighted by Crippen LogP contribution is 2.26. The number of benzene rings is 1. The number of H-pyrrole nitrogens is 1. The van der Waals surface area contributed by atoms with Crippen LogP contribution in [0, 0.1) is 11.8 Å². The molecule has 2 aromatic rings. The molecule has 1 aromatic carbocycles. The van der Waals surface area contributed by atoms with Gasteiger partial charge in [0.25, 0.3) is 5.91 Å². The summed E-state index contributed by atoms with van der Waals surface area (Å²) in [5.41, 5.74) is 0.964. The van der Waals surface area contributed by atoms with Gasteiger partial charge in [0.2, 0.25) is 11.8 Å². The fourth-order valence-electron chi connectivity index (χ4n) is 4.34. The molecule has 2 heterocycles. The maximum Gasteiger partial charge on any atom is 0.303 e. The third-order valence-corrected chi connectivity index (χ3v) is 6.22.